The molecular formula is C16H22N2O2. The summed E-state index contributed by atoms with van der Waals surface area (Å²) < 4.78 is 0. The second-order valence-electron chi connectivity index (χ2n) is 5.88. The first-order valence-electron chi connectivity index (χ1n) is 7.77. The van der Waals surface area contributed by atoms with Crippen LogP contribution in [0.25, 0.3) is 0 Å². The zero-order chi connectivity index (χ0) is 13.9. The van der Waals surface area contributed by atoms with E-state index in [0.29, 0.717) is 11.4 Å². The summed E-state index contributed by atoms with van der Waals surface area (Å²) in [6.45, 7) is 1.87. The summed E-state index contributed by atoms with van der Waals surface area (Å²) in [6, 6.07) is 1.87. The molecule has 4 heteroatoms. The van der Waals surface area contributed by atoms with E-state index >= 15 is 0 Å². The molecule has 1 aromatic rings. The Bertz CT molecular complexity index is 505. The number of hydrogen-bond donors (Lipinski definition) is 1. The molecule has 0 aromatic carbocycles. The van der Waals surface area contributed by atoms with E-state index in [1.807, 2.05) is 6.07 Å². The molecule has 1 aliphatic heterocycles. The van der Waals surface area contributed by atoms with Gasteiger partial charge in [0.05, 0.1) is 0 Å². The summed E-state index contributed by atoms with van der Waals surface area (Å²) in [5, 5.41) is 9.49. The van der Waals surface area contributed by atoms with Crippen molar-refractivity contribution in [2.24, 2.45) is 0 Å². The second-order valence-corrected chi connectivity index (χ2v) is 5.88. The molecule has 0 saturated carbocycles. The number of anilines is 1. The van der Waals surface area contributed by atoms with Gasteiger partial charge in [0.2, 0.25) is 0 Å². The third-order valence-corrected chi connectivity index (χ3v) is 4.42. The lowest BCUT2D eigenvalue weighted by molar-refractivity contribution is 0.0697. The number of carboxylic acids is 1. The standard InChI is InChI=1S/C16H22N2O2/c19-16(20)13-11-12-7-6-8-14(12)17-15(13)18-9-4-2-1-3-5-10-18/h11H,1-10H2,(H,19,20). The van der Waals surface area contributed by atoms with Crippen LogP contribution in [0.15, 0.2) is 6.07 Å². The number of aromatic nitrogens is 1. The Balaban J connectivity index is 1.95. The quantitative estimate of drug-likeness (QED) is 0.900. The molecule has 2 heterocycles. The Hall–Kier alpha value is -1.58. The van der Waals surface area contributed by atoms with Gasteiger partial charge in [-0.1, -0.05) is 19.3 Å². The normalized spacial score (nSPS) is 19.3. The first kappa shape index (κ1) is 13.4. The van der Waals surface area contributed by atoms with Crippen LogP contribution in [-0.4, -0.2) is 29.1 Å². The summed E-state index contributed by atoms with van der Waals surface area (Å²) >= 11 is 0. The van der Waals surface area contributed by atoms with Crippen molar-refractivity contribution in [1.82, 2.24) is 4.98 Å². The number of pyridine rings is 1. The van der Waals surface area contributed by atoms with Gasteiger partial charge in [-0.3, -0.25) is 0 Å². The van der Waals surface area contributed by atoms with Gasteiger partial charge in [-0.2, -0.15) is 0 Å². The maximum absolute atomic E-state index is 11.6. The van der Waals surface area contributed by atoms with Gasteiger partial charge >= 0.3 is 5.97 Å². The predicted octanol–water partition coefficient (Wildman–Crippen LogP) is 3.04. The van der Waals surface area contributed by atoms with Crippen LogP contribution in [-0.2, 0) is 12.8 Å². The first-order chi connectivity index (χ1) is 9.75. The number of hydrogen-bond acceptors (Lipinski definition) is 3. The Morgan fingerprint density at radius 3 is 2.45 bits per heavy atom. The summed E-state index contributed by atoms with van der Waals surface area (Å²) in [5.41, 5.74) is 2.65. The number of fused-ring (bicyclic) bond motifs is 1. The highest BCUT2D eigenvalue weighted by Crippen LogP contribution is 2.28. The van der Waals surface area contributed by atoms with Crippen LogP contribution in [0.2, 0.25) is 0 Å². The molecule has 0 atom stereocenters. The third kappa shape index (κ3) is 2.65. The topological polar surface area (TPSA) is 53.4 Å². The molecule has 1 aliphatic carbocycles. The first-order valence-corrected chi connectivity index (χ1v) is 7.77. The van der Waals surface area contributed by atoms with Gasteiger partial charge in [0.25, 0.3) is 0 Å². The van der Waals surface area contributed by atoms with Crippen LogP contribution in [0.5, 0.6) is 0 Å². The van der Waals surface area contributed by atoms with E-state index in [9.17, 15) is 9.90 Å². The highest BCUT2D eigenvalue weighted by atomic mass is 16.4. The lowest BCUT2D eigenvalue weighted by Crippen LogP contribution is -2.30. The number of nitrogens with zero attached hydrogens (tertiary/aromatic N) is 2. The summed E-state index contributed by atoms with van der Waals surface area (Å²) in [5.74, 6) is -0.135. The fourth-order valence-electron chi connectivity index (χ4n) is 3.32. The van der Waals surface area contributed by atoms with Crippen LogP contribution in [0, 0.1) is 0 Å². The molecule has 1 N–H and O–H groups in total. The smallest absolute Gasteiger partial charge is 0.339 e. The number of carbonyl (C=O) groups is 1. The van der Waals surface area contributed by atoms with Crippen molar-refractivity contribution in [3.8, 4) is 0 Å². The van der Waals surface area contributed by atoms with Crippen LogP contribution in [0.4, 0.5) is 5.82 Å². The van der Waals surface area contributed by atoms with Gasteiger partial charge in [0, 0.05) is 18.8 Å². The van der Waals surface area contributed by atoms with Crippen molar-refractivity contribution in [2.45, 2.75) is 51.4 Å². The summed E-state index contributed by atoms with van der Waals surface area (Å²) in [7, 11) is 0. The summed E-state index contributed by atoms with van der Waals surface area (Å²) in [6.07, 6.45) is 9.13. The molecule has 0 amide bonds. The predicted molar refractivity (Wildman–Crippen MR) is 78.5 cm³/mol. The van der Waals surface area contributed by atoms with Gasteiger partial charge in [0.15, 0.2) is 0 Å². The van der Waals surface area contributed by atoms with Crippen LogP contribution in [0.3, 0.4) is 0 Å². The molecule has 0 unspecified atom stereocenters. The molecule has 0 spiro atoms. The highest BCUT2D eigenvalue weighted by Gasteiger charge is 2.23. The van der Waals surface area contributed by atoms with Gasteiger partial charge in [0.1, 0.15) is 11.4 Å². The molecule has 108 valence electrons. The number of rotatable bonds is 2. The van der Waals surface area contributed by atoms with Crippen molar-refractivity contribution in [3.05, 3.63) is 22.9 Å². The van der Waals surface area contributed by atoms with Crippen LogP contribution >= 0.6 is 0 Å². The van der Waals surface area contributed by atoms with Gasteiger partial charge in [-0.15, -0.1) is 0 Å². The van der Waals surface area contributed by atoms with Crippen molar-refractivity contribution >= 4 is 11.8 Å². The SMILES string of the molecule is O=C(O)c1cc2c(nc1N1CCCCCCC1)CCC2. The molecule has 0 bridgehead atoms. The molecule has 1 aromatic heterocycles. The van der Waals surface area contributed by atoms with E-state index in [1.54, 1.807) is 0 Å². The van der Waals surface area contributed by atoms with E-state index in [2.05, 4.69) is 4.90 Å². The van der Waals surface area contributed by atoms with Crippen molar-refractivity contribution in [3.63, 3.8) is 0 Å². The van der Waals surface area contributed by atoms with Crippen molar-refractivity contribution in [1.29, 1.82) is 0 Å². The van der Waals surface area contributed by atoms with E-state index < -0.39 is 5.97 Å². The van der Waals surface area contributed by atoms with Gasteiger partial charge < -0.3 is 10.0 Å². The van der Waals surface area contributed by atoms with Crippen molar-refractivity contribution in [2.75, 3.05) is 18.0 Å². The average Bonchev–Trinajstić information content (AvgIpc) is 2.84. The highest BCUT2D eigenvalue weighted by molar-refractivity contribution is 5.93. The maximum Gasteiger partial charge on any atom is 0.339 e. The molecule has 1 saturated heterocycles. The molecular weight excluding hydrogens is 252 g/mol. The lowest BCUT2D eigenvalue weighted by atomic mass is 10.1. The Morgan fingerprint density at radius 2 is 1.75 bits per heavy atom. The molecule has 0 radical (unpaired) electrons. The fraction of sp³-hybridized carbons (Fsp3) is 0.625. The number of aryl methyl sites for hydroxylation is 2. The van der Waals surface area contributed by atoms with E-state index in [0.717, 1.165) is 56.5 Å². The van der Waals surface area contributed by atoms with E-state index in [-0.39, 0.29) is 0 Å². The second kappa shape index (κ2) is 5.81. The molecule has 20 heavy (non-hydrogen) atoms. The molecule has 3 rings (SSSR count). The Morgan fingerprint density at radius 1 is 1.05 bits per heavy atom. The van der Waals surface area contributed by atoms with Gasteiger partial charge in [-0.05, 0) is 43.7 Å². The minimum absolute atomic E-state index is 0.395. The molecule has 4 nitrogen and oxygen atoms in total. The average molecular weight is 274 g/mol. The fourth-order valence-corrected chi connectivity index (χ4v) is 3.32. The Labute approximate surface area is 119 Å². The van der Waals surface area contributed by atoms with E-state index in [4.69, 9.17) is 4.98 Å². The van der Waals surface area contributed by atoms with Crippen LogP contribution in [0.1, 0.15) is 60.1 Å². The largest absolute Gasteiger partial charge is 0.478 e. The van der Waals surface area contributed by atoms with Gasteiger partial charge in [-0.25, -0.2) is 9.78 Å². The zero-order valence-corrected chi connectivity index (χ0v) is 11.9. The zero-order valence-electron chi connectivity index (χ0n) is 11.9. The Kier molecular flexibility index (Phi) is 3.90. The minimum Gasteiger partial charge on any atom is -0.478 e. The minimum atomic E-state index is -0.843. The van der Waals surface area contributed by atoms with E-state index in [1.165, 1.54) is 19.3 Å². The lowest BCUT2D eigenvalue weighted by Gasteiger charge is -2.27. The van der Waals surface area contributed by atoms with Crippen molar-refractivity contribution < 1.29 is 9.90 Å². The third-order valence-electron chi connectivity index (χ3n) is 4.42. The molecule has 1 fully saturated rings. The number of carboxylic acid groups (broad SMARTS) is 1. The monoisotopic (exact) mass is 274 g/mol. The number of aromatic carboxylic acids is 1. The van der Waals surface area contributed by atoms with Crippen LogP contribution < -0.4 is 4.90 Å². The molecule has 2 aliphatic rings. The summed E-state index contributed by atoms with van der Waals surface area (Å²) in [4.78, 5) is 18.5. The maximum atomic E-state index is 11.6.